The number of hydrogen-bond donors (Lipinski definition) is 0. The highest BCUT2D eigenvalue weighted by Crippen LogP contribution is 2.29. The van der Waals surface area contributed by atoms with Crippen molar-refractivity contribution in [3.63, 3.8) is 0 Å². The lowest BCUT2D eigenvalue weighted by Crippen LogP contribution is -2.05. The molecule has 0 radical (unpaired) electrons. The molecule has 0 aliphatic carbocycles. The molecule has 0 amide bonds. The first-order chi connectivity index (χ1) is 13.8. The zero-order valence-electron chi connectivity index (χ0n) is 16.8. The third-order valence-corrected chi connectivity index (χ3v) is 4.69. The Hall–Kier alpha value is -2.81. The first-order valence-corrected chi connectivity index (χ1v) is 10.2. The van der Waals surface area contributed by atoms with Gasteiger partial charge < -0.3 is 14.0 Å². The van der Waals surface area contributed by atoms with Gasteiger partial charge in [0.05, 0.1) is 18.8 Å². The molecule has 0 saturated carbocycles. The van der Waals surface area contributed by atoms with Gasteiger partial charge in [0, 0.05) is 24.6 Å². The third-order valence-electron chi connectivity index (χ3n) is 4.69. The molecule has 1 aliphatic heterocycles. The molecule has 1 aliphatic rings. The Morgan fingerprint density at radius 3 is 2.75 bits per heavy atom. The van der Waals surface area contributed by atoms with E-state index in [4.69, 9.17) is 9.47 Å². The van der Waals surface area contributed by atoms with E-state index in [-0.39, 0.29) is 0 Å². The Bertz CT molecular complexity index is 864. The van der Waals surface area contributed by atoms with Gasteiger partial charge in [-0.2, -0.15) is 5.26 Å². The Labute approximate surface area is 166 Å². The maximum Gasteiger partial charge on any atom is 0.174 e. The van der Waals surface area contributed by atoms with Crippen molar-refractivity contribution < 1.29 is 9.47 Å². The summed E-state index contributed by atoms with van der Waals surface area (Å²) in [6, 6.07) is 8.06. The van der Waals surface area contributed by atoms with Gasteiger partial charge in [-0.25, -0.2) is 0 Å². The van der Waals surface area contributed by atoms with Crippen LogP contribution in [-0.4, -0.2) is 28.0 Å². The fourth-order valence-corrected chi connectivity index (χ4v) is 3.27. The van der Waals surface area contributed by atoms with Gasteiger partial charge in [-0.3, -0.25) is 0 Å². The third kappa shape index (κ3) is 4.72. The van der Waals surface area contributed by atoms with Crippen molar-refractivity contribution in [2.75, 3.05) is 13.2 Å². The van der Waals surface area contributed by atoms with Crippen LogP contribution in [-0.2, 0) is 13.0 Å². The van der Waals surface area contributed by atoms with Crippen LogP contribution in [0.4, 0.5) is 0 Å². The monoisotopic (exact) mass is 380 g/mol. The smallest absolute Gasteiger partial charge is 0.174 e. The van der Waals surface area contributed by atoms with Gasteiger partial charge >= 0.3 is 0 Å². The molecule has 0 bridgehead atoms. The van der Waals surface area contributed by atoms with E-state index in [2.05, 4.69) is 34.7 Å². The Morgan fingerprint density at radius 2 is 1.96 bits per heavy atom. The molecule has 1 aromatic carbocycles. The van der Waals surface area contributed by atoms with Crippen LogP contribution < -0.4 is 9.47 Å². The number of nitrogens with zero attached hydrogens (tertiary/aromatic N) is 4. The molecule has 0 spiro atoms. The SMILES string of the molecule is CCCOc1ccc(/C=C(\C#N)c2nnc3n2CCCCC3)c(OCCC)c1. The maximum absolute atomic E-state index is 9.80. The lowest BCUT2D eigenvalue weighted by Gasteiger charge is -2.12. The Kier molecular flexibility index (Phi) is 7.07. The molecule has 28 heavy (non-hydrogen) atoms. The lowest BCUT2D eigenvalue weighted by atomic mass is 10.1. The number of benzene rings is 1. The number of fused-ring (bicyclic) bond motifs is 1. The van der Waals surface area contributed by atoms with Gasteiger partial charge in [0.2, 0.25) is 0 Å². The number of aromatic nitrogens is 3. The van der Waals surface area contributed by atoms with E-state index in [1.165, 1.54) is 6.42 Å². The van der Waals surface area contributed by atoms with E-state index in [1.54, 1.807) is 0 Å². The lowest BCUT2D eigenvalue weighted by molar-refractivity contribution is 0.301. The van der Waals surface area contributed by atoms with Crippen molar-refractivity contribution >= 4 is 11.6 Å². The summed E-state index contributed by atoms with van der Waals surface area (Å²) in [6.45, 7) is 6.28. The van der Waals surface area contributed by atoms with Crippen LogP contribution in [0.5, 0.6) is 11.5 Å². The van der Waals surface area contributed by atoms with E-state index >= 15 is 0 Å². The number of rotatable bonds is 8. The van der Waals surface area contributed by atoms with E-state index < -0.39 is 0 Å². The van der Waals surface area contributed by atoms with Crippen LogP contribution in [0.3, 0.4) is 0 Å². The average Bonchev–Trinajstić information content (AvgIpc) is 2.97. The van der Waals surface area contributed by atoms with Crippen LogP contribution in [0.2, 0.25) is 0 Å². The zero-order chi connectivity index (χ0) is 19.8. The normalized spacial score (nSPS) is 14.1. The molecule has 0 N–H and O–H groups in total. The summed E-state index contributed by atoms with van der Waals surface area (Å²) >= 11 is 0. The van der Waals surface area contributed by atoms with Gasteiger partial charge in [-0.05, 0) is 43.9 Å². The van der Waals surface area contributed by atoms with Gasteiger partial charge in [0.25, 0.3) is 0 Å². The largest absolute Gasteiger partial charge is 0.493 e. The highest BCUT2D eigenvalue weighted by atomic mass is 16.5. The number of aryl methyl sites for hydroxylation is 1. The summed E-state index contributed by atoms with van der Waals surface area (Å²) < 4.78 is 13.7. The van der Waals surface area contributed by atoms with Crippen LogP contribution >= 0.6 is 0 Å². The van der Waals surface area contributed by atoms with E-state index in [9.17, 15) is 5.26 Å². The van der Waals surface area contributed by atoms with Crippen molar-refractivity contribution in [3.8, 4) is 17.6 Å². The van der Waals surface area contributed by atoms with Crippen molar-refractivity contribution in [1.82, 2.24) is 14.8 Å². The molecule has 6 heteroatoms. The minimum atomic E-state index is 0.504. The van der Waals surface area contributed by atoms with E-state index in [0.29, 0.717) is 24.6 Å². The first-order valence-electron chi connectivity index (χ1n) is 10.2. The molecular formula is C22H28N4O2. The van der Waals surface area contributed by atoms with Crippen molar-refractivity contribution in [2.24, 2.45) is 0 Å². The maximum atomic E-state index is 9.80. The topological polar surface area (TPSA) is 73.0 Å². The molecular weight excluding hydrogens is 352 g/mol. The molecule has 0 saturated heterocycles. The molecule has 0 fully saturated rings. The van der Waals surface area contributed by atoms with Gasteiger partial charge in [-0.1, -0.05) is 20.3 Å². The predicted octanol–water partition coefficient (Wildman–Crippen LogP) is 4.65. The summed E-state index contributed by atoms with van der Waals surface area (Å²) in [6.07, 6.45) is 8.01. The number of allylic oxidation sites excluding steroid dienone is 1. The molecule has 1 aromatic heterocycles. The standard InChI is InChI=1S/C22H28N4O2/c1-3-12-27-19-10-9-17(20(15-19)28-13-4-2)14-18(16-23)22-25-24-21-8-6-5-7-11-26(21)22/h9-10,14-15H,3-8,11-13H2,1-2H3/b18-14+. The fraction of sp³-hybridized carbons (Fsp3) is 0.500. The molecule has 6 nitrogen and oxygen atoms in total. The van der Waals surface area contributed by atoms with Crippen LogP contribution in [0.15, 0.2) is 18.2 Å². The van der Waals surface area contributed by atoms with E-state index in [1.807, 2.05) is 24.3 Å². The van der Waals surface area contributed by atoms with E-state index in [0.717, 1.165) is 61.5 Å². The number of hydrogen-bond acceptors (Lipinski definition) is 5. The summed E-state index contributed by atoms with van der Waals surface area (Å²) in [7, 11) is 0. The Balaban J connectivity index is 1.95. The molecule has 3 rings (SSSR count). The molecule has 0 unspecified atom stereocenters. The number of ether oxygens (including phenoxy) is 2. The summed E-state index contributed by atoms with van der Waals surface area (Å²) in [5.74, 6) is 3.12. The highest BCUT2D eigenvalue weighted by Gasteiger charge is 2.18. The fourth-order valence-electron chi connectivity index (χ4n) is 3.27. The molecule has 2 aromatic rings. The summed E-state index contributed by atoms with van der Waals surface area (Å²) in [5, 5.41) is 18.4. The molecule has 2 heterocycles. The summed E-state index contributed by atoms with van der Waals surface area (Å²) in [5.41, 5.74) is 1.35. The van der Waals surface area contributed by atoms with Crippen LogP contribution in [0.25, 0.3) is 11.6 Å². The quantitative estimate of drug-likeness (QED) is 0.624. The summed E-state index contributed by atoms with van der Waals surface area (Å²) in [4.78, 5) is 0. The second kappa shape index (κ2) is 9.93. The van der Waals surface area contributed by atoms with Crippen LogP contribution in [0, 0.1) is 11.3 Å². The minimum absolute atomic E-state index is 0.504. The predicted molar refractivity (Wildman–Crippen MR) is 109 cm³/mol. The van der Waals surface area contributed by atoms with Crippen molar-refractivity contribution in [3.05, 3.63) is 35.4 Å². The second-order valence-electron chi connectivity index (χ2n) is 6.97. The van der Waals surface area contributed by atoms with Gasteiger partial charge in [0.1, 0.15) is 23.4 Å². The zero-order valence-corrected chi connectivity index (χ0v) is 16.8. The molecule has 148 valence electrons. The minimum Gasteiger partial charge on any atom is -0.493 e. The van der Waals surface area contributed by atoms with Crippen molar-refractivity contribution in [2.45, 2.75) is 58.9 Å². The van der Waals surface area contributed by atoms with Crippen molar-refractivity contribution in [1.29, 1.82) is 5.26 Å². The Morgan fingerprint density at radius 1 is 1.14 bits per heavy atom. The highest BCUT2D eigenvalue weighted by molar-refractivity contribution is 5.88. The van der Waals surface area contributed by atoms with Crippen LogP contribution in [0.1, 0.15) is 63.2 Å². The van der Waals surface area contributed by atoms with Gasteiger partial charge in [0.15, 0.2) is 5.82 Å². The second-order valence-corrected chi connectivity index (χ2v) is 6.97. The van der Waals surface area contributed by atoms with Gasteiger partial charge in [-0.15, -0.1) is 10.2 Å². The average molecular weight is 380 g/mol. The number of nitriles is 1. The first kappa shape index (κ1) is 19.9. The molecule has 0 atom stereocenters.